The molecular weight excluding hydrogens is 897 g/mol. The molecule has 14 nitrogen and oxygen atoms in total. The molecule has 380 valence electrons. The maximum absolute atomic E-state index is 15.4. The van der Waals surface area contributed by atoms with Gasteiger partial charge in [-0.05, 0) is 129 Å². The van der Waals surface area contributed by atoms with Crippen LogP contribution in [0.5, 0.6) is 0 Å². The minimum Gasteiger partial charge on any atom is -0.457 e. The van der Waals surface area contributed by atoms with Gasteiger partial charge in [0, 0.05) is 13.0 Å². The van der Waals surface area contributed by atoms with Crippen molar-refractivity contribution < 1.29 is 61.2 Å². The molecule has 0 unspecified atom stereocenters. The summed E-state index contributed by atoms with van der Waals surface area (Å²) in [7, 11) is 1.60. The Balaban J connectivity index is 1.05. The highest BCUT2D eigenvalue weighted by Crippen LogP contribution is 2.75. The van der Waals surface area contributed by atoms with Gasteiger partial charge in [0.25, 0.3) is 0 Å². The van der Waals surface area contributed by atoms with Crippen LogP contribution in [-0.2, 0) is 54.1 Å². The summed E-state index contributed by atoms with van der Waals surface area (Å²) in [5, 5.41) is 0. The quantitative estimate of drug-likeness (QED) is 0.0709. The van der Waals surface area contributed by atoms with E-state index in [0.717, 1.165) is 36.0 Å². The number of carbonyl (C=O) groups is 4. The van der Waals surface area contributed by atoms with Crippen LogP contribution in [0.25, 0.3) is 0 Å². The van der Waals surface area contributed by atoms with E-state index in [2.05, 4.69) is 27.7 Å². The van der Waals surface area contributed by atoms with E-state index in [4.69, 9.17) is 42.0 Å². The number of rotatable bonds is 17. The SMILES string of the molecule is COCCOCCOCCOC(=O)O[C@H]1CC[C@@]2(C)[C@@H](CC[C@]3(C)[C@@H]2C(=O)C=C2[C@@H]4C[C@@](C)(C(=O)OC(c5ccccc5)c5ccccc5)CC[C@]4(C)CC[C@]23C)[C@]1(C)C(=O)OCc1oc(=O)oc1C. The van der Waals surface area contributed by atoms with Crippen LogP contribution in [0.2, 0.25) is 0 Å². The average Bonchev–Trinajstić information content (AvgIpc) is 3.67. The van der Waals surface area contributed by atoms with Gasteiger partial charge in [-0.3, -0.25) is 14.4 Å². The lowest BCUT2D eigenvalue weighted by Gasteiger charge is -2.70. The number of fused-ring (bicyclic) bond motifs is 7. The molecule has 0 aliphatic heterocycles. The van der Waals surface area contributed by atoms with Crippen LogP contribution in [0.4, 0.5) is 4.79 Å². The highest BCUT2D eigenvalue weighted by atomic mass is 16.7. The van der Waals surface area contributed by atoms with Crippen molar-refractivity contribution in [2.45, 2.75) is 125 Å². The highest BCUT2D eigenvalue weighted by molar-refractivity contribution is 5.96. The number of esters is 2. The molecule has 0 N–H and O–H groups in total. The highest BCUT2D eigenvalue weighted by Gasteiger charge is 2.72. The van der Waals surface area contributed by atoms with E-state index >= 15 is 4.79 Å². The Bertz CT molecular complexity index is 2420. The van der Waals surface area contributed by atoms with E-state index in [9.17, 15) is 19.2 Å². The zero-order chi connectivity index (χ0) is 50.1. The van der Waals surface area contributed by atoms with Crippen LogP contribution in [0.3, 0.4) is 0 Å². The molecule has 0 spiro atoms. The van der Waals surface area contributed by atoms with Gasteiger partial charge in [-0.1, -0.05) is 93.9 Å². The Morgan fingerprint density at radius 3 is 1.97 bits per heavy atom. The van der Waals surface area contributed by atoms with E-state index in [1.54, 1.807) is 21.0 Å². The third-order valence-corrected chi connectivity index (χ3v) is 18.2. The average molecular weight is 969 g/mol. The van der Waals surface area contributed by atoms with Gasteiger partial charge in [0.05, 0.1) is 38.4 Å². The molecule has 0 amide bonds. The van der Waals surface area contributed by atoms with Crippen LogP contribution >= 0.6 is 0 Å². The number of benzene rings is 2. The van der Waals surface area contributed by atoms with Crippen molar-refractivity contribution in [2.75, 3.05) is 46.8 Å². The summed E-state index contributed by atoms with van der Waals surface area (Å²) >= 11 is 0. The topological polar surface area (TPSA) is 176 Å². The summed E-state index contributed by atoms with van der Waals surface area (Å²) in [6, 6.07) is 19.7. The molecule has 0 radical (unpaired) electrons. The van der Waals surface area contributed by atoms with Crippen LogP contribution < -0.4 is 5.82 Å². The smallest absolute Gasteiger partial charge is 0.457 e. The van der Waals surface area contributed by atoms with Crippen molar-refractivity contribution >= 4 is 23.9 Å². The predicted molar refractivity (Wildman–Crippen MR) is 256 cm³/mol. The largest absolute Gasteiger partial charge is 0.519 e. The summed E-state index contributed by atoms with van der Waals surface area (Å²) in [6.07, 6.45) is 5.33. The molecule has 1 aromatic heterocycles. The second-order valence-corrected chi connectivity index (χ2v) is 22.1. The Morgan fingerprint density at radius 2 is 1.34 bits per heavy atom. The van der Waals surface area contributed by atoms with Gasteiger partial charge >= 0.3 is 23.9 Å². The number of hydrogen-bond donors (Lipinski definition) is 0. The number of allylic oxidation sites excluding steroid dienone is 2. The summed E-state index contributed by atoms with van der Waals surface area (Å²) in [6.45, 7) is 15.7. The van der Waals surface area contributed by atoms with Gasteiger partial charge in [-0.2, -0.15) is 0 Å². The first-order chi connectivity index (χ1) is 33.3. The third-order valence-electron chi connectivity index (χ3n) is 18.2. The second kappa shape index (κ2) is 20.2. The molecule has 5 aliphatic rings. The van der Waals surface area contributed by atoms with Gasteiger partial charge in [0.2, 0.25) is 0 Å². The molecule has 4 fully saturated rings. The lowest BCUT2D eigenvalue weighted by atomic mass is 9.33. The van der Waals surface area contributed by atoms with Crippen molar-refractivity contribution in [2.24, 2.45) is 50.2 Å². The minimum absolute atomic E-state index is 0.0295. The number of ether oxygens (including phenoxy) is 7. The molecule has 5 aliphatic carbocycles. The predicted octanol–water partition coefficient (Wildman–Crippen LogP) is 10.1. The van der Waals surface area contributed by atoms with Crippen molar-refractivity contribution in [3.05, 3.63) is 106 Å². The fourth-order valence-corrected chi connectivity index (χ4v) is 13.9. The number of ketones is 1. The van der Waals surface area contributed by atoms with Crippen LogP contribution in [0, 0.1) is 57.2 Å². The second-order valence-electron chi connectivity index (χ2n) is 22.1. The Hall–Kier alpha value is -5.05. The first kappa shape index (κ1) is 51.3. The zero-order valence-electron chi connectivity index (χ0n) is 42.3. The van der Waals surface area contributed by atoms with Crippen molar-refractivity contribution in [1.29, 1.82) is 0 Å². The maximum Gasteiger partial charge on any atom is 0.519 e. The van der Waals surface area contributed by atoms with E-state index < -0.39 is 69.1 Å². The van der Waals surface area contributed by atoms with Gasteiger partial charge in [-0.25, -0.2) is 9.59 Å². The van der Waals surface area contributed by atoms with Crippen molar-refractivity contribution in [1.82, 2.24) is 0 Å². The van der Waals surface area contributed by atoms with Gasteiger partial charge in [0.1, 0.15) is 18.1 Å². The Morgan fingerprint density at radius 1 is 0.714 bits per heavy atom. The van der Waals surface area contributed by atoms with Gasteiger partial charge in [0.15, 0.2) is 30.0 Å². The molecule has 4 saturated carbocycles. The summed E-state index contributed by atoms with van der Waals surface area (Å²) < 4.78 is 50.2. The van der Waals surface area contributed by atoms with Crippen LogP contribution in [0.15, 0.2) is 85.9 Å². The molecule has 3 aromatic rings. The maximum atomic E-state index is 15.4. The van der Waals surface area contributed by atoms with Crippen LogP contribution in [0.1, 0.15) is 128 Å². The zero-order valence-corrected chi connectivity index (χ0v) is 42.3. The summed E-state index contributed by atoms with van der Waals surface area (Å²) in [5.41, 5.74) is -1.02. The fourth-order valence-electron chi connectivity index (χ4n) is 13.9. The van der Waals surface area contributed by atoms with Gasteiger partial charge in [-0.15, -0.1) is 0 Å². The molecule has 2 aromatic carbocycles. The molecule has 8 rings (SSSR count). The van der Waals surface area contributed by atoms with E-state index in [1.807, 2.05) is 73.7 Å². The summed E-state index contributed by atoms with van der Waals surface area (Å²) in [4.78, 5) is 70.2. The lowest BCUT2D eigenvalue weighted by Crippen LogP contribution is -2.68. The van der Waals surface area contributed by atoms with E-state index in [-0.39, 0.29) is 60.8 Å². The normalized spacial score (nSPS) is 33.4. The standard InChI is InChI=1S/C56H72O14/c1-36-42(68-50(61)67-36)35-66-48(59)56(7)43-19-22-55(6)46(53(43,4)21-20-44(56)69-49(60)65-32-31-64-30-29-63-28-27-62-8)41(57)33-39-40-34-52(3,24-23-51(40,2)25-26-54(39,55)5)47(58)70-45(37-15-11-9-12-16-37)38-17-13-10-14-18-38/h9-18,33,40,43-46H,19-32,34-35H2,1-8H3/t40-,43+,44-,46+,51+,52-,53-,54+,55+,56-/m0/s1. The fraction of sp³-hybridized carbons (Fsp3) is 0.625. The number of methoxy groups -OCH3 is 1. The summed E-state index contributed by atoms with van der Waals surface area (Å²) in [5.74, 6) is -2.44. The van der Waals surface area contributed by atoms with E-state index in [0.29, 0.717) is 58.5 Å². The van der Waals surface area contributed by atoms with Crippen molar-refractivity contribution in [3.8, 4) is 0 Å². The van der Waals surface area contributed by atoms with Crippen LogP contribution in [-0.4, -0.2) is 76.7 Å². The number of hydrogen-bond acceptors (Lipinski definition) is 14. The number of aryl methyl sites for hydroxylation is 1. The molecular formula is C56H72O14. The molecule has 0 bridgehead atoms. The first-order valence-electron chi connectivity index (χ1n) is 25.1. The minimum atomic E-state index is -1.43. The van der Waals surface area contributed by atoms with Gasteiger partial charge < -0.3 is 42.0 Å². The van der Waals surface area contributed by atoms with Crippen molar-refractivity contribution in [3.63, 3.8) is 0 Å². The monoisotopic (exact) mass is 968 g/mol. The lowest BCUT2D eigenvalue weighted by molar-refractivity contribution is -0.220. The molecule has 1 heterocycles. The molecule has 10 atom stereocenters. The van der Waals surface area contributed by atoms with E-state index in [1.165, 1.54) is 0 Å². The Kier molecular flexibility index (Phi) is 14.8. The molecule has 0 saturated heterocycles. The molecule has 70 heavy (non-hydrogen) atoms. The first-order valence-corrected chi connectivity index (χ1v) is 25.1. The third kappa shape index (κ3) is 9.33. The number of carbonyl (C=O) groups excluding carboxylic acids is 4. The molecule has 14 heteroatoms. The Labute approximate surface area is 411 Å².